The van der Waals surface area contributed by atoms with Crippen LogP contribution in [-0.2, 0) is 14.3 Å². The van der Waals surface area contributed by atoms with Gasteiger partial charge in [-0.25, -0.2) is 4.79 Å². The van der Waals surface area contributed by atoms with Gasteiger partial charge in [-0.1, -0.05) is 12.1 Å². The van der Waals surface area contributed by atoms with Crippen molar-refractivity contribution in [2.45, 2.75) is 33.2 Å². The Labute approximate surface area is 136 Å². The van der Waals surface area contributed by atoms with E-state index >= 15 is 0 Å². The second kappa shape index (κ2) is 11.0. The first-order valence-corrected chi connectivity index (χ1v) is 7.11. The van der Waals surface area contributed by atoms with Gasteiger partial charge in [0.05, 0.1) is 19.0 Å². The van der Waals surface area contributed by atoms with Crippen molar-refractivity contribution in [2.24, 2.45) is 5.73 Å². The molecule has 1 aromatic carbocycles. The number of aliphatic carboxylic acids is 1. The molecule has 0 saturated carbocycles. The topological polar surface area (TPSA) is 125 Å². The molecule has 0 fully saturated rings. The molecule has 4 N–H and O–H groups in total. The lowest BCUT2D eigenvalue weighted by Gasteiger charge is -2.16. The summed E-state index contributed by atoms with van der Waals surface area (Å²) in [5, 5.41) is 19.1. The molecule has 0 heterocycles. The largest absolute Gasteiger partial charge is 0.480 e. The quantitative estimate of drug-likeness (QED) is 0.536. The van der Waals surface area contributed by atoms with Crippen LogP contribution in [0.5, 0.6) is 0 Å². The minimum atomic E-state index is -0.968. The Morgan fingerprint density at radius 2 is 2.04 bits per heavy atom. The van der Waals surface area contributed by atoms with E-state index in [1.807, 2.05) is 38.1 Å². The molecule has 0 aliphatic heterocycles. The summed E-state index contributed by atoms with van der Waals surface area (Å²) in [7, 11) is 0. The highest BCUT2D eigenvalue weighted by Gasteiger charge is 2.14. The predicted molar refractivity (Wildman–Crippen MR) is 86.9 cm³/mol. The van der Waals surface area contributed by atoms with Crippen molar-refractivity contribution in [1.29, 1.82) is 5.26 Å². The number of anilines is 1. The van der Waals surface area contributed by atoms with E-state index in [1.165, 1.54) is 0 Å². The molecule has 1 atom stereocenters. The molecule has 1 rings (SSSR count). The fourth-order valence-electron chi connectivity index (χ4n) is 1.51. The number of esters is 1. The number of rotatable bonds is 6. The maximum absolute atomic E-state index is 11.6. The van der Waals surface area contributed by atoms with Gasteiger partial charge in [0.1, 0.15) is 12.6 Å². The summed E-state index contributed by atoms with van der Waals surface area (Å²) in [4.78, 5) is 20.9. The second-order valence-corrected chi connectivity index (χ2v) is 4.86. The predicted octanol–water partition coefficient (Wildman–Crippen LogP) is 1.59. The lowest BCUT2D eigenvalue weighted by molar-refractivity contribution is -0.144. The second-order valence-electron chi connectivity index (χ2n) is 4.86. The van der Waals surface area contributed by atoms with Crippen molar-refractivity contribution >= 4 is 17.6 Å². The van der Waals surface area contributed by atoms with E-state index in [2.05, 4.69) is 11.1 Å². The fourth-order valence-corrected chi connectivity index (χ4v) is 1.51. The number of carboxylic acid groups (broad SMARTS) is 1. The van der Waals surface area contributed by atoms with Crippen LogP contribution in [0.1, 0.15) is 24.5 Å². The molecule has 1 aromatic rings. The summed E-state index contributed by atoms with van der Waals surface area (Å²) < 4.78 is 4.96. The molecule has 0 unspecified atom stereocenters. The van der Waals surface area contributed by atoms with E-state index < -0.39 is 12.0 Å². The van der Waals surface area contributed by atoms with Crippen LogP contribution in [0, 0.1) is 25.2 Å². The van der Waals surface area contributed by atoms with E-state index in [9.17, 15) is 9.59 Å². The van der Waals surface area contributed by atoms with E-state index in [1.54, 1.807) is 6.92 Å². The molecule has 0 saturated heterocycles. The van der Waals surface area contributed by atoms with Crippen LogP contribution in [-0.4, -0.2) is 36.2 Å². The van der Waals surface area contributed by atoms with Crippen LogP contribution >= 0.6 is 0 Å². The van der Waals surface area contributed by atoms with Gasteiger partial charge in [0.2, 0.25) is 0 Å². The van der Waals surface area contributed by atoms with E-state index in [0.29, 0.717) is 0 Å². The number of nitrogens with one attached hydrogen (secondary N) is 1. The van der Waals surface area contributed by atoms with E-state index in [4.69, 9.17) is 15.1 Å². The number of carbonyl (C=O) groups excluding carboxylic acids is 1. The Morgan fingerprint density at radius 1 is 1.43 bits per heavy atom. The van der Waals surface area contributed by atoms with Gasteiger partial charge in [0.15, 0.2) is 0 Å². The fraction of sp³-hybridized carbons (Fsp3) is 0.438. The van der Waals surface area contributed by atoms with Gasteiger partial charge in [0, 0.05) is 5.69 Å². The van der Waals surface area contributed by atoms with Crippen molar-refractivity contribution in [1.82, 2.24) is 0 Å². The van der Waals surface area contributed by atoms with Gasteiger partial charge in [0.25, 0.3) is 0 Å². The number of benzene rings is 1. The van der Waals surface area contributed by atoms with Gasteiger partial charge >= 0.3 is 11.9 Å². The van der Waals surface area contributed by atoms with Crippen molar-refractivity contribution in [3.63, 3.8) is 0 Å². The van der Waals surface area contributed by atoms with E-state index in [-0.39, 0.29) is 25.5 Å². The summed E-state index contributed by atoms with van der Waals surface area (Å²) in [5.41, 5.74) is 7.72. The number of hydrogen-bond acceptors (Lipinski definition) is 6. The molecule has 0 spiro atoms. The summed E-state index contributed by atoms with van der Waals surface area (Å²) in [5.74, 6) is -1.31. The number of ether oxygens (including phenoxy) is 1. The lowest BCUT2D eigenvalue weighted by atomic mass is 10.1. The van der Waals surface area contributed by atoms with Gasteiger partial charge in [-0.15, -0.1) is 0 Å². The third kappa shape index (κ3) is 9.11. The van der Waals surface area contributed by atoms with Crippen LogP contribution < -0.4 is 11.1 Å². The van der Waals surface area contributed by atoms with Crippen molar-refractivity contribution in [3.05, 3.63) is 29.3 Å². The highest BCUT2D eigenvalue weighted by Crippen LogP contribution is 2.17. The summed E-state index contributed by atoms with van der Waals surface area (Å²) >= 11 is 0. The number of nitriles is 1. The van der Waals surface area contributed by atoms with Gasteiger partial charge in [-0.05, 0) is 38.0 Å². The first kappa shape index (κ1) is 20.4. The molecule has 7 heteroatoms. The molecule has 7 nitrogen and oxygen atoms in total. The maximum Gasteiger partial charge on any atom is 0.328 e. The van der Waals surface area contributed by atoms with Crippen molar-refractivity contribution in [3.8, 4) is 6.07 Å². The molecule has 0 bridgehead atoms. The maximum atomic E-state index is 11.6. The first-order chi connectivity index (χ1) is 10.8. The Kier molecular flexibility index (Phi) is 9.80. The molecule has 0 aliphatic carbocycles. The Morgan fingerprint density at radius 3 is 2.57 bits per heavy atom. The van der Waals surface area contributed by atoms with Crippen molar-refractivity contribution in [2.75, 3.05) is 18.5 Å². The third-order valence-electron chi connectivity index (χ3n) is 2.75. The Bertz CT molecular complexity index is 567. The summed E-state index contributed by atoms with van der Waals surface area (Å²) in [6, 6.07) is 7.53. The Balaban J connectivity index is 0.000000841. The highest BCUT2D eigenvalue weighted by molar-refractivity contribution is 5.79. The normalized spacial score (nSPS) is 10.6. The number of nitrogens with zero attached hydrogens (tertiary/aromatic N) is 1. The first-order valence-electron chi connectivity index (χ1n) is 7.11. The molecule has 0 radical (unpaired) electrons. The number of aryl methyl sites for hydroxylation is 2. The number of nitrogens with two attached hydrogens (primary N) is 1. The molecule has 0 aromatic heterocycles. The molecule has 126 valence electrons. The van der Waals surface area contributed by atoms with Gasteiger partial charge < -0.3 is 20.9 Å². The van der Waals surface area contributed by atoms with Gasteiger partial charge in [-0.3, -0.25) is 4.79 Å². The number of carbonyl (C=O) groups is 2. The smallest absolute Gasteiger partial charge is 0.328 e. The minimum Gasteiger partial charge on any atom is -0.480 e. The standard InChI is InChI=1S/C14H18N2O2.C2H5NO2/c1-10-5-6-11(2)13(9-10)16-12(3)14(17)18-8-4-7-15;3-1-2(4)5/h5-6,9,12,16H,4,8H2,1-3H3;1,3H2,(H,4,5)/t12-;/m0./s1. The van der Waals surface area contributed by atoms with Crippen molar-refractivity contribution < 1.29 is 19.4 Å². The average molecular weight is 321 g/mol. The van der Waals surface area contributed by atoms with Crippen LogP contribution in [0.15, 0.2) is 18.2 Å². The summed E-state index contributed by atoms with van der Waals surface area (Å²) in [6.07, 6.45) is 0.224. The minimum absolute atomic E-state index is 0.147. The zero-order chi connectivity index (χ0) is 17.8. The molecule has 0 amide bonds. The zero-order valence-corrected chi connectivity index (χ0v) is 13.6. The molecule has 23 heavy (non-hydrogen) atoms. The van der Waals surface area contributed by atoms with Crippen LogP contribution in [0.4, 0.5) is 5.69 Å². The molecule has 0 aliphatic rings. The molecular weight excluding hydrogens is 298 g/mol. The third-order valence-corrected chi connectivity index (χ3v) is 2.75. The summed E-state index contributed by atoms with van der Waals surface area (Å²) in [6.45, 7) is 5.60. The van der Waals surface area contributed by atoms with Crippen LogP contribution in [0.3, 0.4) is 0 Å². The zero-order valence-electron chi connectivity index (χ0n) is 13.6. The molecular formula is C16H23N3O4. The van der Waals surface area contributed by atoms with E-state index in [0.717, 1.165) is 16.8 Å². The highest BCUT2D eigenvalue weighted by atomic mass is 16.5. The van der Waals surface area contributed by atoms with Crippen LogP contribution in [0.25, 0.3) is 0 Å². The monoisotopic (exact) mass is 321 g/mol. The van der Waals surface area contributed by atoms with Crippen LogP contribution in [0.2, 0.25) is 0 Å². The average Bonchev–Trinajstić information content (AvgIpc) is 2.51. The van der Waals surface area contributed by atoms with Gasteiger partial charge in [-0.2, -0.15) is 5.26 Å². The number of carboxylic acids is 1. The number of hydrogen-bond donors (Lipinski definition) is 3. The SMILES string of the molecule is Cc1ccc(C)c(N[C@@H](C)C(=O)OCCC#N)c1.NCC(=O)O. The Hall–Kier alpha value is -2.59. The lowest BCUT2D eigenvalue weighted by Crippen LogP contribution is -2.28.